The number of fused-ring (bicyclic) bond motifs is 1. The molecule has 2 atom stereocenters. The number of aromatic nitrogens is 1. The van der Waals surface area contributed by atoms with Gasteiger partial charge in [-0.05, 0) is 84.4 Å². The fourth-order valence-electron chi connectivity index (χ4n) is 5.16. The molecule has 0 bridgehead atoms. The molecule has 0 saturated carbocycles. The van der Waals surface area contributed by atoms with Crippen molar-refractivity contribution in [3.8, 4) is 5.75 Å². The Hall–Kier alpha value is -4.02. The Morgan fingerprint density at radius 1 is 1.05 bits per heavy atom. The van der Waals surface area contributed by atoms with Crippen LogP contribution < -0.4 is 15.5 Å². The lowest BCUT2D eigenvalue weighted by Gasteiger charge is -2.45. The Morgan fingerprint density at radius 2 is 1.74 bits per heavy atom. The highest BCUT2D eigenvalue weighted by Crippen LogP contribution is 2.28. The molecule has 0 unspecified atom stereocenters. The molecule has 42 heavy (non-hydrogen) atoms. The zero-order chi connectivity index (χ0) is 30.7. The van der Waals surface area contributed by atoms with Gasteiger partial charge in [-0.1, -0.05) is 18.2 Å². The van der Waals surface area contributed by atoms with Gasteiger partial charge in [-0.2, -0.15) is 0 Å². The van der Waals surface area contributed by atoms with Gasteiger partial charge in [0.2, 0.25) is 5.91 Å². The first-order chi connectivity index (χ1) is 19.8. The summed E-state index contributed by atoms with van der Waals surface area (Å²) in [6.07, 6.45) is 0.333. The average Bonchev–Trinajstić information content (AvgIpc) is 2.94. The molecule has 10 nitrogen and oxygen atoms in total. The first kappa shape index (κ1) is 30.9. The quantitative estimate of drug-likeness (QED) is 0.207. The van der Waals surface area contributed by atoms with Gasteiger partial charge in [-0.3, -0.25) is 29.5 Å². The highest BCUT2D eigenvalue weighted by atomic mass is 16.6. The maximum absolute atomic E-state index is 13.3. The van der Waals surface area contributed by atoms with Gasteiger partial charge in [0.05, 0.1) is 17.5 Å². The zero-order valence-corrected chi connectivity index (χ0v) is 25.1. The third-order valence-corrected chi connectivity index (χ3v) is 7.51. The SMILES string of the molecule is Cc1cc(COc2ccc(C(=O)N[C@@H]3CN(C(C)(C)C(=O)OC(C)(C)C)CC[C@@H]3C(=O)NO)cc2)c2ccccc2n1. The molecular weight excluding hydrogens is 536 g/mol. The molecule has 3 N–H and O–H groups in total. The van der Waals surface area contributed by atoms with Gasteiger partial charge in [0.25, 0.3) is 5.91 Å². The normalized spacial score (nSPS) is 17.9. The molecule has 1 aliphatic heterocycles. The Kier molecular flexibility index (Phi) is 9.18. The minimum atomic E-state index is -0.991. The van der Waals surface area contributed by atoms with Crippen LogP contribution in [0.15, 0.2) is 54.6 Å². The molecule has 1 aromatic heterocycles. The van der Waals surface area contributed by atoms with E-state index >= 15 is 0 Å². The van der Waals surface area contributed by atoms with E-state index in [-0.39, 0.29) is 12.5 Å². The van der Waals surface area contributed by atoms with Gasteiger partial charge in [-0.15, -0.1) is 0 Å². The smallest absolute Gasteiger partial charge is 0.326 e. The highest BCUT2D eigenvalue weighted by molar-refractivity contribution is 5.95. The van der Waals surface area contributed by atoms with E-state index < -0.39 is 35.0 Å². The molecule has 2 amide bonds. The van der Waals surface area contributed by atoms with E-state index in [1.165, 1.54) is 0 Å². The van der Waals surface area contributed by atoms with Gasteiger partial charge in [0, 0.05) is 35.3 Å². The number of rotatable bonds is 8. The number of hydrogen-bond donors (Lipinski definition) is 3. The van der Waals surface area contributed by atoms with Crippen LogP contribution in [-0.4, -0.2) is 63.1 Å². The number of ether oxygens (including phenoxy) is 2. The Labute approximate surface area is 246 Å². The van der Waals surface area contributed by atoms with Gasteiger partial charge < -0.3 is 14.8 Å². The molecule has 1 fully saturated rings. The van der Waals surface area contributed by atoms with Crippen LogP contribution >= 0.6 is 0 Å². The second kappa shape index (κ2) is 12.5. The van der Waals surface area contributed by atoms with Gasteiger partial charge in [0.1, 0.15) is 23.5 Å². The maximum Gasteiger partial charge on any atom is 0.326 e. The molecule has 2 aromatic carbocycles. The van der Waals surface area contributed by atoms with E-state index in [1.54, 1.807) is 64.4 Å². The predicted molar refractivity (Wildman–Crippen MR) is 158 cm³/mol. The number of para-hydroxylation sites is 1. The van der Waals surface area contributed by atoms with Crippen molar-refractivity contribution in [2.45, 2.75) is 71.8 Å². The molecule has 1 saturated heterocycles. The second-order valence-corrected chi connectivity index (χ2v) is 12.2. The number of carbonyl (C=O) groups is 3. The summed E-state index contributed by atoms with van der Waals surface area (Å²) in [5.74, 6) is -1.43. The van der Waals surface area contributed by atoms with Crippen molar-refractivity contribution in [2.24, 2.45) is 5.92 Å². The molecule has 4 rings (SSSR count). The monoisotopic (exact) mass is 576 g/mol. The maximum atomic E-state index is 13.3. The summed E-state index contributed by atoms with van der Waals surface area (Å²) in [6.45, 7) is 11.9. The van der Waals surface area contributed by atoms with Crippen molar-refractivity contribution in [3.63, 3.8) is 0 Å². The standard InChI is InChI=1S/C32H40N4O6/c1-20-17-22(24-9-7-8-10-26(24)33-20)19-41-23-13-11-21(12-14-23)28(37)34-27-18-36(16-15-25(27)29(38)35-40)32(5,6)30(39)42-31(2,3)4/h7-14,17,25,27,40H,15-16,18-19H2,1-6H3,(H,34,37)(H,35,38)/t25-,27+/m0/s1. The van der Waals surface area contributed by atoms with Gasteiger partial charge in [-0.25, -0.2) is 5.48 Å². The van der Waals surface area contributed by atoms with Crippen LogP contribution in [0.25, 0.3) is 10.9 Å². The lowest BCUT2D eigenvalue weighted by Crippen LogP contribution is -2.63. The van der Waals surface area contributed by atoms with Gasteiger partial charge in [0.15, 0.2) is 0 Å². The van der Waals surface area contributed by atoms with E-state index in [2.05, 4.69) is 10.3 Å². The topological polar surface area (TPSA) is 130 Å². The molecule has 224 valence electrons. The Bertz CT molecular complexity index is 1450. The second-order valence-electron chi connectivity index (χ2n) is 12.2. The number of hydrogen-bond acceptors (Lipinski definition) is 8. The number of nitrogens with zero attached hydrogens (tertiary/aromatic N) is 2. The molecule has 1 aliphatic rings. The summed E-state index contributed by atoms with van der Waals surface area (Å²) < 4.78 is 11.6. The first-order valence-corrected chi connectivity index (χ1v) is 14.1. The van der Waals surface area contributed by atoms with Crippen molar-refractivity contribution in [3.05, 3.63) is 71.4 Å². The van der Waals surface area contributed by atoms with Crippen molar-refractivity contribution in [1.82, 2.24) is 20.7 Å². The third kappa shape index (κ3) is 7.24. The van der Waals surface area contributed by atoms with Crippen LogP contribution in [0.5, 0.6) is 5.75 Å². The molecule has 0 aliphatic carbocycles. The van der Waals surface area contributed by atoms with Crippen LogP contribution in [0.4, 0.5) is 0 Å². The summed E-state index contributed by atoms with van der Waals surface area (Å²) in [5, 5.41) is 13.3. The Morgan fingerprint density at radius 3 is 2.40 bits per heavy atom. The van der Waals surface area contributed by atoms with E-state index in [1.807, 2.05) is 42.2 Å². The summed E-state index contributed by atoms with van der Waals surface area (Å²) in [4.78, 5) is 45.2. The first-order valence-electron chi connectivity index (χ1n) is 14.1. The molecular formula is C32H40N4O6. The largest absolute Gasteiger partial charge is 0.489 e. The third-order valence-electron chi connectivity index (χ3n) is 7.51. The van der Waals surface area contributed by atoms with Crippen LogP contribution in [0, 0.1) is 12.8 Å². The predicted octanol–water partition coefficient (Wildman–Crippen LogP) is 4.17. The number of nitrogens with one attached hydrogen (secondary N) is 2. The lowest BCUT2D eigenvalue weighted by atomic mass is 9.87. The summed E-state index contributed by atoms with van der Waals surface area (Å²) >= 11 is 0. The number of benzene rings is 2. The fraction of sp³-hybridized carbons (Fsp3) is 0.438. The van der Waals surface area contributed by atoms with Crippen molar-refractivity contribution in [1.29, 1.82) is 0 Å². The van der Waals surface area contributed by atoms with Crippen LogP contribution in [0.1, 0.15) is 62.7 Å². The summed E-state index contributed by atoms with van der Waals surface area (Å²) in [5.41, 5.74) is 3.29. The zero-order valence-electron chi connectivity index (χ0n) is 25.1. The van der Waals surface area contributed by atoms with E-state index in [0.29, 0.717) is 30.9 Å². The van der Waals surface area contributed by atoms with Crippen molar-refractivity contribution in [2.75, 3.05) is 13.1 Å². The molecule has 0 radical (unpaired) electrons. The van der Waals surface area contributed by atoms with Crippen molar-refractivity contribution < 1.29 is 29.1 Å². The minimum Gasteiger partial charge on any atom is -0.489 e. The number of esters is 1. The fourth-order valence-corrected chi connectivity index (χ4v) is 5.16. The molecule has 10 heteroatoms. The lowest BCUT2D eigenvalue weighted by molar-refractivity contribution is -0.169. The number of amides is 2. The molecule has 2 heterocycles. The van der Waals surface area contributed by atoms with Crippen molar-refractivity contribution >= 4 is 28.7 Å². The molecule has 3 aromatic rings. The number of carbonyl (C=O) groups excluding carboxylic acids is 3. The highest BCUT2D eigenvalue weighted by Gasteiger charge is 2.44. The van der Waals surface area contributed by atoms with E-state index in [4.69, 9.17) is 9.47 Å². The van der Waals surface area contributed by atoms with Crippen LogP contribution in [0.3, 0.4) is 0 Å². The molecule has 0 spiro atoms. The number of piperidine rings is 1. The summed E-state index contributed by atoms with van der Waals surface area (Å²) in [6, 6.07) is 16.0. The summed E-state index contributed by atoms with van der Waals surface area (Å²) in [7, 11) is 0. The number of aryl methyl sites for hydroxylation is 1. The number of likely N-dealkylation sites (tertiary alicyclic amines) is 1. The average molecular weight is 577 g/mol. The van der Waals surface area contributed by atoms with E-state index in [0.717, 1.165) is 22.2 Å². The van der Waals surface area contributed by atoms with Crippen LogP contribution in [-0.2, 0) is 20.9 Å². The van der Waals surface area contributed by atoms with E-state index in [9.17, 15) is 19.6 Å². The Balaban J connectivity index is 1.44. The minimum absolute atomic E-state index is 0.219. The van der Waals surface area contributed by atoms with Gasteiger partial charge >= 0.3 is 5.97 Å². The number of hydroxylamine groups is 1. The number of pyridine rings is 1. The van der Waals surface area contributed by atoms with Crippen LogP contribution in [0.2, 0.25) is 0 Å².